The molecule has 5 heteroatoms. The Morgan fingerprint density at radius 3 is 2.20 bits per heavy atom. The van der Waals surface area contributed by atoms with Gasteiger partial charge in [0, 0.05) is 19.1 Å². The fourth-order valence-electron chi connectivity index (χ4n) is 0.299. The van der Waals surface area contributed by atoms with E-state index in [-0.39, 0.29) is 0 Å². The molecule has 62 valence electrons. The van der Waals surface area contributed by atoms with Crippen molar-refractivity contribution >= 4 is 39.2 Å². The Balaban J connectivity index is 4.45. The van der Waals surface area contributed by atoms with Crippen molar-refractivity contribution in [2.75, 3.05) is 19.1 Å². The van der Waals surface area contributed by atoms with Crippen LogP contribution in [0.5, 0.6) is 0 Å². The third-order valence-corrected chi connectivity index (χ3v) is 8.51. The highest BCUT2D eigenvalue weighted by molar-refractivity contribution is 9.13. The van der Waals surface area contributed by atoms with Crippen LogP contribution in [0.25, 0.3) is 0 Å². The maximum absolute atomic E-state index is 11.5. The number of hydrogen-bond acceptors (Lipinski definition) is 2. The van der Waals surface area contributed by atoms with E-state index >= 15 is 0 Å². The van der Waals surface area contributed by atoms with Crippen molar-refractivity contribution in [3.05, 3.63) is 0 Å². The molecule has 0 spiro atoms. The van der Waals surface area contributed by atoms with Gasteiger partial charge in [0.05, 0.1) is 0 Å². The molecule has 0 saturated heterocycles. The van der Waals surface area contributed by atoms with Crippen molar-refractivity contribution in [1.29, 1.82) is 0 Å². The first kappa shape index (κ1) is 11.2. The van der Waals surface area contributed by atoms with Gasteiger partial charge < -0.3 is 4.52 Å². The zero-order chi connectivity index (χ0) is 8.41. The highest BCUT2D eigenvalue weighted by Gasteiger charge is 2.37. The summed E-state index contributed by atoms with van der Waals surface area (Å²) in [6.45, 7) is 3.45. The van der Waals surface area contributed by atoms with E-state index in [0.717, 1.165) is 0 Å². The van der Waals surface area contributed by atoms with Crippen LogP contribution in [0.4, 0.5) is 0 Å². The molecular weight excluding hydrogens is 283 g/mol. The first-order valence-electron chi connectivity index (χ1n) is 2.75. The Morgan fingerprint density at radius 2 is 2.10 bits per heavy atom. The quantitative estimate of drug-likeness (QED) is 0.590. The Hall–Kier alpha value is 1.15. The fraction of sp³-hybridized carbons (Fsp3) is 1.00. The normalized spacial score (nSPS) is 23.3. The lowest BCUT2D eigenvalue weighted by Gasteiger charge is -2.25. The molecule has 0 fully saturated rings. The summed E-state index contributed by atoms with van der Waals surface area (Å²) in [4.78, 5) is 0. The van der Waals surface area contributed by atoms with Crippen LogP contribution in [-0.4, -0.2) is 23.2 Å². The molecule has 0 aromatic rings. The molecule has 0 bridgehead atoms. The standard InChI is InChI=1S/C5H11Br2O2P/c1-5(7,4-6)10(3,8)9-2/h4H2,1-3H3. The predicted molar refractivity (Wildman–Crippen MR) is 51.7 cm³/mol. The number of alkyl halides is 2. The maximum atomic E-state index is 11.5. The number of rotatable bonds is 3. The SMILES string of the molecule is COP(C)(=O)C(C)(Br)CBr. The van der Waals surface area contributed by atoms with Crippen molar-refractivity contribution in [2.24, 2.45) is 0 Å². The van der Waals surface area contributed by atoms with E-state index in [9.17, 15) is 4.57 Å². The lowest BCUT2D eigenvalue weighted by molar-refractivity contribution is 0.390. The average Bonchev–Trinajstić information content (AvgIpc) is 1.88. The third-order valence-electron chi connectivity index (χ3n) is 1.44. The summed E-state index contributed by atoms with van der Waals surface area (Å²) in [5.41, 5.74) is 0. The smallest absolute Gasteiger partial charge is 0.216 e. The van der Waals surface area contributed by atoms with Gasteiger partial charge in [0.2, 0.25) is 7.37 Å². The number of hydrogen-bond donors (Lipinski definition) is 0. The Morgan fingerprint density at radius 1 is 1.70 bits per heavy atom. The van der Waals surface area contributed by atoms with Gasteiger partial charge in [-0.05, 0) is 6.92 Å². The monoisotopic (exact) mass is 292 g/mol. The maximum Gasteiger partial charge on any atom is 0.216 e. The van der Waals surface area contributed by atoms with Gasteiger partial charge in [-0.2, -0.15) is 0 Å². The van der Waals surface area contributed by atoms with Gasteiger partial charge in [-0.25, -0.2) is 0 Å². The van der Waals surface area contributed by atoms with Crippen LogP contribution < -0.4 is 0 Å². The van der Waals surface area contributed by atoms with Crippen molar-refractivity contribution in [1.82, 2.24) is 0 Å². The molecule has 0 N–H and O–H groups in total. The summed E-state index contributed by atoms with van der Waals surface area (Å²) in [6, 6.07) is 0. The van der Waals surface area contributed by atoms with Crippen molar-refractivity contribution < 1.29 is 9.09 Å². The molecule has 0 aliphatic rings. The minimum Gasteiger partial charge on any atom is -0.331 e. The minimum absolute atomic E-state index is 0.450. The molecule has 2 atom stereocenters. The van der Waals surface area contributed by atoms with Crippen molar-refractivity contribution in [2.45, 2.75) is 11.0 Å². The van der Waals surface area contributed by atoms with Crippen LogP contribution in [0, 0.1) is 0 Å². The fourth-order valence-corrected chi connectivity index (χ4v) is 2.70. The van der Waals surface area contributed by atoms with Crippen molar-refractivity contribution in [3.63, 3.8) is 0 Å². The van der Waals surface area contributed by atoms with Gasteiger partial charge in [-0.1, -0.05) is 31.9 Å². The molecule has 2 nitrogen and oxygen atoms in total. The molecule has 0 rings (SSSR count). The molecule has 0 aliphatic carbocycles. The zero-order valence-electron chi connectivity index (χ0n) is 6.23. The van der Waals surface area contributed by atoms with E-state index in [0.29, 0.717) is 5.33 Å². The van der Waals surface area contributed by atoms with E-state index in [1.165, 1.54) is 7.11 Å². The topological polar surface area (TPSA) is 26.3 Å². The van der Waals surface area contributed by atoms with Gasteiger partial charge >= 0.3 is 0 Å². The highest BCUT2D eigenvalue weighted by Crippen LogP contribution is 2.59. The average molecular weight is 294 g/mol. The largest absolute Gasteiger partial charge is 0.331 e. The highest BCUT2D eigenvalue weighted by atomic mass is 79.9. The second kappa shape index (κ2) is 3.70. The molecule has 2 unspecified atom stereocenters. The summed E-state index contributed by atoms with van der Waals surface area (Å²) in [6.07, 6.45) is 0. The second-order valence-corrected chi connectivity index (χ2v) is 8.27. The van der Waals surface area contributed by atoms with Crippen LogP contribution >= 0.6 is 39.2 Å². The van der Waals surface area contributed by atoms with Crippen LogP contribution in [-0.2, 0) is 9.09 Å². The van der Waals surface area contributed by atoms with Gasteiger partial charge in [-0.3, -0.25) is 4.57 Å². The second-order valence-electron chi connectivity index (χ2n) is 2.30. The number of halogens is 2. The Labute approximate surface area is 78.4 Å². The Bertz CT molecular complexity index is 158. The van der Waals surface area contributed by atoms with Crippen LogP contribution in [0.1, 0.15) is 6.92 Å². The molecule has 0 aromatic heterocycles. The summed E-state index contributed by atoms with van der Waals surface area (Å²) in [7, 11) is -1.05. The summed E-state index contributed by atoms with van der Waals surface area (Å²) < 4.78 is 16.0. The van der Waals surface area contributed by atoms with Crippen LogP contribution in [0.2, 0.25) is 0 Å². The van der Waals surface area contributed by atoms with Crippen LogP contribution in [0.3, 0.4) is 0 Å². The van der Waals surface area contributed by atoms with E-state index in [1.807, 2.05) is 6.92 Å². The molecule has 0 heterocycles. The molecule has 0 amide bonds. The van der Waals surface area contributed by atoms with E-state index in [4.69, 9.17) is 4.52 Å². The molecule has 0 aromatic carbocycles. The predicted octanol–water partition coefficient (Wildman–Crippen LogP) is 3.05. The summed E-state index contributed by atoms with van der Waals surface area (Å²) in [5.74, 6) is 0. The van der Waals surface area contributed by atoms with Crippen LogP contribution in [0.15, 0.2) is 0 Å². The van der Waals surface area contributed by atoms with Crippen molar-refractivity contribution in [3.8, 4) is 0 Å². The Kier molecular flexibility index (Phi) is 4.13. The minimum atomic E-state index is -2.51. The first-order chi connectivity index (χ1) is 4.37. The van der Waals surface area contributed by atoms with E-state index in [1.54, 1.807) is 6.66 Å². The molecule has 0 saturated carbocycles. The lowest BCUT2D eigenvalue weighted by atomic mass is 10.6. The first-order valence-corrected chi connectivity index (χ1v) is 6.74. The van der Waals surface area contributed by atoms with Gasteiger partial charge in [0.25, 0.3) is 0 Å². The van der Waals surface area contributed by atoms with E-state index in [2.05, 4.69) is 31.9 Å². The molecule has 10 heavy (non-hydrogen) atoms. The van der Waals surface area contributed by atoms with Gasteiger partial charge in [0.1, 0.15) is 4.07 Å². The summed E-state index contributed by atoms with van der Waals surface area (Å²) in [5, 5.41) is 0.613. The molecule has 0 radical (unpaired) electrons. The van der Waals surface area contributed by atoms with Gasteiger partial charge in [-0.15, -0.1) is 0 Å². The molecule has 0 aliphatic heterocycles. The zero-order valence-corrected chi connectivity index (χ0v) is 10.3. The van der Waals surface area contributed by atoms with Gasteiger partial charge in [0.15, 0.2) is 0 Å². The third kappa shape index (κ3) is 2.33. The lowest BCUT2D eigenvalue weighted by Crippen LogP contribution is -2.18. The summed E-state index contributed by atoms with van der Waals surface area (Å²) >= 11 is 6.58. The molecular formula is C5H11Br2O2P. The van der Waals surface area contributed by atoms with E-state index < -0.39 is 11.4 Å².